The molecule has 0 bridgehead atoms. The molecule has 0 aliphatic heterocycles. The fraction of sp³-hybridized carbons (Fsp3) is 0.929. The maximum atomic E-state index is 11.8. The number of nitrogens with one attached hydrogen (secondary N) is 2. The largest absolute Gasteiger partial charge is 0.444 e. The zero-order valence-electron chi connectivity index (χ0n) is 12.4. The van der Waals surface area contributed by atoms with Crippen LogP contribution in [0.5, 0.6) is 0 Å². The predicted molar refractivity (Wildman–Crippen MR) is 73.7 cm³/mol. The Morgan fingerprint density at radius 3 is 2.39 bits per heavy atom. The number of carbonyl (C=O) groups is 1. The smallest absolute Gasteiger partial charge is 0.408 e. The molecule has 1 unspecified atom stereocenters. The summed E-state index contributed by atoms with van der Waals surface area (Å²) in [6.45, 7) is 10.8. The van der Waals surface area contributed by atoms with Gasteiger partial charge in [0.25, 0.3) is 0 Å². The predicted octanol–water partition coefficient (Wildman–Crippen LogP) is 2.82. The van der Waals surface area contributed by atoms with E-state index in [0.717, 1.165) is 25.8 Å². The van der Waals surface area contributed by atoms with Gasteiger partial charge in [-0.3, -0.25) is 0 Å². The zero-order valence-corrected chi connectivity index (χ0v) is 12.4. The summed E-state index contributed by atoms with van der Waals surface area (Å²) in [6, 6.07) is 0.489. The van der Waals surface area contributed by atoms with Crippen LogP contribution in [0.3, 0.4) is 0 Å². The second-order valence-electron chi connectivity index (χ2n) is 6.45. The fourth-order valence-corrected chi connectivity index (χ4v) is 1.98. The summed E-state index contributed by atoms with van der Waals surface area (Å²) >= 11 is 0. The molecular weight excluding hydrogens is 228 g/mol. The molecule has 1 aliphatic rings. The Kier molecular flexibility index (Phi) is 5.02. The number of rotatable bonds is 5. The molecule has 0 saturated heterocycles. The number of hydrogen-bond acceptors (Lipinski definition) is 3. The highest BCUT2D eigenvalue weighted by Gasteiger charge is 2.39. The third-order valence-electron chi connectivity index (χ3n) is 3.48. The van der Waals surface area contributed by atoms with Gasteiger partial charge in [-0.2, -0.15) is 0 Å². The SMILES string of the molecule is CCC(C)NCC1(NC(=O)OC(C)(C)C)CCC1. The van der Waals surface area contributed by atoms with E-state index in [1.165, 1.54) is 6.42 Å². The van der Waals surface area contributed by atoms with Gasteiger partial charge in [-0.25, -0.2) is 4.79 Å². The molecule has 2 N–H and O–H groups in total. The highest BCUT2D eigenvalue weighted by atomic mass is 16.6. The van der Waals surface area contributed by atoms with Crippen molar-refractivity contribution in [3.63, 3.8) is 0 Å². The summed E-state index contributed by atoms with van der Waals surface area (Å²) in [5, 5.41) is 6.52. The van der Waals surface area contributed by atoms with Crippen molar-refractivity contribution in [1.29, 1.82) is 0 Å². The topological polar surface area (TPSA) is 50.4 Å². The van der Waals surface area contributed by atoms with E-state index in [-0.39, 0.29) is 11.6 Å². The molecule has 4 nitrogen and oxygen atoms in total. The van der Waals surface area contributed by atoms with Crippen LogP contribution >= 0.6 is 0 Å². The van der Waals surface area contributed by atoms with Gasteiger partial charge in [-0.05, 0) is 53.4 Å². The summed E-state index contributed by atoms with van der Waals surface area (Å²) in [5.74, 6) is 0. The van der Waals surface area contributed by atoms with Crippen LogP contribution in [0.4, 0.5) is 4.79 Å². The van der Waals surface area contributed by atoms with E-state index < -0.39 is 5.60 Å². The maximum absolute atomic E-state index is 11.8. The van der Waals surface area contributed by atoms with Gasteiger partial charge in [0.2, 0.25) is 0 Å². The average Bonchev–Trinajstić information content (AvgIpc) is 2.18. The van der Waals surface area contributed by atoms with Gasteiger partial charge < -0.3 is 15.4 Å². The van der Waals surface area contributed by atoms with E-state index in [1.807, 2.05) is 20.8 Å². The van der Waals surface area contributed by atoms with Gasteiger partial charge in [0.15, 0.2) is 0 Å². The minimum Gasteiger partial charge on any atom is -0.444 e. The standard InChI is InChI=1S/C14H28N2O2/c1-6-11(2)15-10-14(8-7-9-14)16-12(17)18-13(3,4)5/h11,15H,6-10H2,1-5H3,(H,16,17). The lowest BCUT2D eigenvalue weighted by atomic mass is 9.76. The molecule has 0 spiro atoms. The van der Waals surface area contributed by atoms with Crippen LogP contribution in [-0.4, -0.2) is 29.8 Å². The van der Waals surface area contributed by atoms with Crippen LogP contribution < -0.4 is 10.6 Å². The van der Waals surface area contributed by atoms with Gasteiger partial charge in [0.05, 0.1) is 5.54 Å². The molecule has 1 atom stereocenters. The molecule has 0 radical (unpaired) electrons. The molecule has 18 heavy (non-hydrogen) atoms. The monoisotopic (exact) mass is 256 g/mol. The molecular formula is C14H28N2O2. The molecule has 1 fully saturated rings. The van der Waals surface area contributed by atoms with Crippen LogP contribution in [0, 0.1) is 0 Å². The molecule has 1 aliphatic carbocycles. The lowest BCUT2D eigenvalue weighted by molar-refractivity contribution is 0.0379. The fourth-order valence-electron chi connectivity index (χ4n) is 1.98. The van der Waals surface area contributed by atoms with Gasteiger partial charge in [-0.1, -0.05) is 6.92 Å². The van der Waals surface area contributed by atoms with Crippen molar-refractivity contribution in [2.45, 2.75) is 77.5 Å². The highest BCUT2D eigenvalue weighted by Crippen LogP contribution is 2.31. The number of carbonyl (C=O) groups excluding carboxylic acids is 1. The Morgan fingerprint density at radius 1 is 1.39 bits per heavy atom. The zero-order chi connectivity index (χ0) is 13.8. The molecule has 0 aromatic heterocycles. The van der Waals surface area contributed by atoms with Crippen molar-refractivity contribution in [2.24, 2.45) is 0 Å². The second-order valence-corrected chi connectivity index (χ2v) is 6.45. The highest BCUT2D eigenvalue weighted by molar-refractivity contribution is 5.69. The molecule has 1 amide bonds. The van der Waals surface area contributed by atoms with E-state index in [0.29, 0.717) is 6.04 Å². The molecule has 1 rings (SSSR count). The molecule has 4 heteroatoms. The summed E-state index contributed by atoms with van der Waals surface area (Å²) < 4.78 is 5.32. The lowest BCUT2D eigenvalue weighted by Crippen LogP contribution is -2.60. The summed E-state index contributed by atoms with van der Waals surface area (Å²) in [6.07, 6.45) is 4.06. The normalized spacial score (nSPS) is 19.8. The molecule has 1 saturated carbocycles. The third-order valence-corrected chi connectivity index (χ3v) is 3.48. The minimum atomic E-state index is -0.431. The van der Waals surface area contributed by atoms with Crippen LogP contribution in [0.2, 0.25) is 0 Å². The van der Waals surface area contributed by atoms with Crippen molar-refractivity contribution in [3.8, 4) is 0 Å². The van der Waals surface area contributed by atoms with Crippen LogP contribution in [0.1, 0.15) is 60.3 Å². The number of hydrogen-bond donors (Lipinski definition) is 2. The quantitative estimate of drug-likeness (QED) is 0.795. The van der Waals surface area contributed by atoms with Gasteiger partial charge >= 0.3 is 6.09 Å². The number of ether oxygens (including phenoxy) is 1. The number of amides is 1. The van der Waals surface area contributed by atoms with Crippen molar-refractivity contribution in [2.75, 3.05) is 6.54 Å². The average molecular weight is 256 g/mol. The number of alkyl carbamates (subject to hydrolysis) is 1. The Morgan fingerprint density at radius 2 is 2.00 bits per heavy atom. The molecule has 106 valence electrons. The van der Waals surface area contributed by atoms with Crippen LogP contribution in [-0.2, 0) is 4.74 Å². The first-order valence-electron chi connectivity index (χ1n) is 7.01. The lowest BCUT2D eigenvalue weighted by Gasteiger charge is -2.43. The Bertz CT molecular complexity index is 280. The molecule has 0 aromatic rings. The summed E-state index contributed by atoms with van der Waals surface area (Å²) in [4.78, 5) is 11.8. The van der Waals surface area contributed by atoms with E-state index in [1.54, 1.807) is 0 Å². The van der Waals surface area contributed by atoms with Crippen molar-refractivity contribution in [3.05, 3.63) is 0 Å². The first-order valence-corrected chi connectivity index (χ1v) is 7.01. The Labute approximate surface area is 111 Å². The van der Waals surface area contributed by atoms with Crippen LogP contribution in [0.25, 0.3) is 0 Å². The van der Waals surface area contributed by atoms with E-state index in [4.69, 9.17) is 4.74 Å². The molecule has 0 heterocycles. The van der Waals surface area contributed by atoms with Crippen molar-refractivity contribution < 1.29 is 9.53 Å². The third kappa shape index (κ3) is 4.84. The minimum absolute atomic E-state index is 0.0915. The second kappa shape index (κ2) is 5.91. The first-order chi connectivity index (χ1) is 8.26. The van der Waals surface area contributed by atoms with Gasteiger partial charge in [0.1, 0.15) is 5.60 Å². The first kappa shape index (κ1) is 15.3. The van der Waals surface area contributed by atoms with Crippen molar-refractivity contribution in [1.82, 2.24) is 10.6 Å². The maximum Gasteiger partial charge on any atom is 0.408 e. The Hall–Kier alpha value is -0.770. The molecule has 0 aromatic carbocycles. The van der Waals surface area contributed by atoms with Crippen molar-refractivity contribution >= 4 is 6.09 Å². The van der Waals surface area contributed by atoms with E-state index >= 15 is 0 Å². The summed E-state index contributed by atoms with van der Waals surface area (Å²) in [5.41, 5.74) is -0.523. The van der Waals surface area contributed by atoms with E-state index in [2.05, 4.69) is 24.5 Å². The van der Waals surface area contributed by atoms with E-state index in [9.17, 15) is 4.79 Å². The summed E-state index contributed by atoms with van der Waals surface area (Å²) in [7, 11) is 0. The van der Waals surface area contributed by atoms with Gasteiger partial charge in [-0.15, -0.1) is 0 Å². The Balaban J connectivity index is 2.43. The van der Waals surface area contributed by atoms with Gasteiger partial charge in [0, 0.05) is 12.6 Å². The van der Waals surface area contributed by atoms with Crippen LogP contribution in [0.15, 0.2) is 0 Å².